The van der Waals surface area contributed by atoms with Crippen molar-refractivity contribution in [2.75, 3.05) is 23.3 Å². The molecule has 1 aromatic carbocycles. The van der Waals surface area contributed by atoms with Gasteiger partial charge in [0, 0.05) is 41.8 Å². The fourth-order valence-electron chi connectivity index (χ4n) is 3.34. The van der Waals surface area contributed by atoms with Crippen LogP contribution in [0, 0.1) is 17.0 Å². The average molecular weight is 411 g/mol. The van der Waals surface area contributed by atoms with Gasteiger partial charge in [-0.25, -0.2) is 9.97 Å². The minimum Gasteiger partial charge on any atom is -0.356 e. The van der Waals surface area contributed by atoms with Gasteiger partial charge in [0.2, 0.25) is 5.82 Å². The van der Waals surface area contributed by atoms with Gasteiger partial charge in [-0.2, -0.15) is 0 Å². The highest BCUT2D eigenvalue weighted by Gasteiger charge is 2.21. The summed E-state index contributed by atoms with van der Waals surface area (Å²) in [6.45, 7) is 3.57. The number of aryl methyl sites for hydroxylation is 1. The first-order valence-corrected chi connectivity index (χ1v) is 10.3. The van der Waals surface area contributed by atoms with Gasteiger partial charge in [0.05, 0.1) is 15.6 Å². The molecule has 0 amide bonds. The van der Waals surface area contributed by atoms with Crippen molar-refractivity contribution in [2.45, 2.75) is 25.8 Å². The first kappa shape index (κ1) is 19.3. The van der Waals surface area contributed by atoms with Crippen LogP contribution in [0.1, 0.15) is 17.8 Å². The molecule has 0 bridgehead atoms. The van der Waals surface area contributed by atoms with Gasteiger partial charge in [0.25, 0.3) is 0 Å². The second-order valence-corrected chi connectivity index (χ2v) is 8.14. The molecule has 0 aliphatic carbocycles. The number of hydrogen-bond acceptors (Lipinski definition) is 8. The molecule has 1 saturated heterocycles. The van der Waals surface area contributed by atoms with Crippen molar-refractivity contribution >= 4 is 34.3 Å². The zero-order chi connectivity index (χ0) is 20.4. The smallest absolute Gasteiger partial charge is 0.311 e. The Balaban J connectivity index is 1.57. The number of nitrogens with one attached hydrogen (secondary N) is 1. The summed E-state index contributed by atoms with van der Waals surface area (Å²) < 4.78 is 0. The number of nitrogens with zero attached hydrogens (tertiary/aromatic N) is 4. The van der Waals surface area contributed by atoms with Gasteiger partial charge in [-0.15, -0.1) is 11.3 Å². The molecule has 4 rings (SSSR count). The molecule has 1 aliphatic heterocycles. The van der Waals surface area contributed by atoms with E-state index in [0.717, 1.165) is 53.7 Å². The molecule has 3 N–H and O–H groups in total. The lowest BCUT2D eigenvalue weighted by atomic mass is 10.1. The number of thiazole rings is 1. The highest BCUT2D eigenvalue weighted by atomic mass is 32.1. The molecule has 1 aliphatic rings. The zero-order valence-corrected chi connectivity index (χ0v) is 16.9. The SMILES string of the molecule is Cc1nc(-c2ccc(Nc3nc(N4CCC(N)CC4)ccc3[N+](=O)[O-])cc2)cs1. The molecule has 9 heteroatoms. The summed E-state index contributed by atoms with van der Waals surface area (Å²) in [6.07, 6.45) is 1.78. The molecule has 2 aromatic heterocycles. The van der Waals surface area contributed by atoms with Gasteiger partial charge < -0.3 is 16.0 Å². The number of pyridine rings is 1. The highest BCUT2D eigenvalue weighted by molar-refractivity contribution is 7.09. The van der Waals surface area contributed by atoms with E-state index in [0.29, 0.717) is 0 Å². The van der Waals surface area contributed by atoms with Crippen molar-refractivity contribution in [3.05, 3.63) is 56.9 Å². The number of piperidine rings is 1. The summed E-state index contributed by atoms with van der Waals surface area (Å²) in [7, 11) is 0. The summed E-state index contributed by atoms with van der Waals surface area (Å²) in [5.74, 6) is 0.958. The summed E-state index contributed by atoms with van der Waals surface area (Å²) in [5, 5.41) is 17.6. The van der Waals surface area contributed by atoms with Gasteiger partial charge in [-0.05, 0) is 38.0 Å². The van der Waals surface area contributed by atoms with Crippen LogP contribution in [0.3, 0.4) is 0 Å². The Morgan fingerprint density at radius 3 is 2.52 bits per heavy atom. The van der Waals surface area contributed by atoms with E-state index in [4.69, 9.17) is 5.73 Å². The summed E-state index contributed by atoms with van der Waals surface area (Å²) in [5.41, 5.74) is 8.58. The van der Waals surface area contributed by atoms with Gasteiger partial charge in [-0.3, -0.25) is 10.1 Å². The monoisotopic (exact) mass is 410 g/mol. The largest absolute Gasteiger partial charge is 0.356 e. The van der Waals surface area contributed by atoms with Gasteiger partial charge in [0.15, 0.2) is 0 Å². The summed E-state index contributed by atoms with van der Waals surface area (Å²) >= 11 is 1.60. The van der Waals surface area contributed by atoms with E-state index in [1.165, 1.54) is 6.07 Å². The summed E-state index contributed by atoms with van der Waals surface area (Å²) in [4.78, 5) is 22.2. The van der Waals surface area contributed by atoms with Crippen molar-refractivity contribution in [2.24, 2.45) is 5.73 Å². The van der Waals surface area contributed by atoms with Gasteiger partial charge >= 0.3 is 5.69 Å². The molecule has 0 atom stereocenters. The summed E-state index contributed by atoms with van der Waals surface area (Å²) in [6, 6.07) is 11.1. The molecule has 8 nitrogen and oxygen atoms in total. The minimum absolute atomic E-state index is 0.0540. The molecular formula is C20H22N6O2S. The second kappa shape index (κ2) is 8.14. The number of rotatable bonds is 5. The van der Waals surface area contributed by atoms with E-state index in [-0.39, 0.29) is 17.5 Å². The number of nitrogens with two attached hydrogens (primary N) is 1. The maximum Gasteiger partial charge on any atom is 0.311 e. The predicted octanol–water partition coefficient (Wildman–Crippen LogP) is 4.09. The quantitative estimate of drug-likeness (QED) is 0.481. The maximum atomic E-state index is 11.5. The van der Waals surface area contributed by atoms with Crippen LogP contribution in [0.5, 0.6) is 0 Å². The van der Waals surface area contributed by atoms with Crippen LogP contribution < -0.4 is 16.0 Å². The van der Waals surface area contributed by atoms with Gasteiger partial charge in [0.1, 0.15) is 5.82 Å². The highest BCUT2D eigenvalue weighted by Crippen LogP contribution is 2.30. The van der Waals surface area contributed by atoms with Crippen molar-refractivity contribution in [1.82, 2.24) is 9.97 Å². The van der Waals surface area contributed by atoms with E-state index in [1.54, 1.807) is 17.4 Å². The maximum absolute atomic E-state index is 11.5. The fraction of sp³-hybridized carbons (Fsp3) is 0.300. The van der Waals surface area contributed by atoms with Crippen molar-refractivity contribution < 1.29 is 4.92 Å². The lowest BCUT2D eigenvalue weighted by Gasteiger charge is -2.31. The van der Waals surface area contributed by atoms with Crippen LogP contribution in [-0.4, -0.2) is 34.0 Å². The van der Waals surface area contributed by atoms with Crippen LogP contribution in [0.4, 0.5) is 23.0 Å². The van der Waals surface area contributed by atoms with Crippen molar-refractivity contribution in [3.8, 4) is 11.3 Å². The van der Waals surface area contributed by atoms with Crippen LogP contribution in [0.2, 0.25) is 0 Å². The molecule has 0 spiro atoms. The standard InChI is InChI=1S/C20H22N6O2S/c1-13-22-17(12-29-13)14-2-4-16(5-3-14)23-20-18(26(27)28)6-7-19(24-20)25-10-8-15(21)9-11-25/h2-7,12,15H,8-11,21H2,1H3,(H,23,24). The number of nitro groups is 1. The lowest BCUT2D eigenvalue weighted by Crippen LogP contribution is -2.40. The Bertz CT molecular complexity index is 1010. The van der Waals surface area contributed by atoms with Crippen LogP contribution >= 0.6 is 11.3 Å². The molecule has 3 aromatic rings. The van der Waals surface area contributed by atoms with Crippen molar-refractivity contribution in [1.29, 1.82) is 0 Å². The van der Waals surface area contributed by atoms with E-state index < -0.39 is 4.92 Å². The molecule has 1 fully saturated rings. The van der Waals surface area contributed by atoms with E-state index >= 15 is 0 Å². The third kappa shape index (κ3) is 4.36. The molecule has 0 radical (unpaired) electrons. The first-order chi connectivity index (χ1) is 14.0. The van der Waals surface area contributed by atoms with E-state index in [9.17, 15) is 10.1 Å². The Kier molecular flexibility index (Phi) is 5.41. The second-order valence-electron chi connectivity index (χ2n) is 7.07. The molecule has 0 saturated carbocycles. The molecule has 150 valence electrons. The molecule has 0 unspecified atom stereocenters. The van der Waals surface area contributed by atoms with Crippen LogP contribution in [0.25, 0.3) is 11.3 Å². The normalized spacial score (nSPS) is 14.8. The van der Waals surface area contributed by atoms with Gasteiger partial charge in [-0.1, -0.05) is 12.1 Å². The lowest BCUT2D eigenvalue weighted by molar-refractivity contribution is -0.384. The molecule has 3 heterocycles. The number of aromatic nitrogens is 2. The Morgan fingerprint density at radius 1 is 1.17 bits per heavy atom. The fourth-order valence-corrected chi connectivity index (χ4v) is 3.96. The van der Waals surface area contributed by atoms with Crippen LogP contribution in [-0.2, 0) is 0 Å². The average Bonchev–Trinajstić information content (AvgIpc) is 3.15. The number of benzene rings is 1. The Labute approximate surface area is 172 Å². The third-order valence-corrected chi connectivity index (χ3v) is 5.76. The first-order valence-electron chi connectivity index (χ1n) is 9.45. The van der Waals surface area contributed by atoms with E-state index in [2.05, 4.69) is 20.2 Å². The Morgan fingerprint density at radius 2 is 1.90 bits per heavy atom. The molecule has 29 heavy (non-hydrogen) atoms. The topological polar surface area (TPSA) is 110 Å². The van der Waals surface area contributed by atoms with Crippen LogP contribution in [0.15, 0.2) is 41.8 Å². The predicted molar refractivity (Wildman–Crippen MR) is 116 cm³/mol. The van der Waals surface area contributed by atoms with Crippen molar-refractivity contribution in [3.63, 3.8) is 0 Å². The zero-order valence-electron chi connectivity index (χ0n) is 16.0. The Hall–Kier alpha value is -3.04. The number of anilines is 3. The van der Waals surface area contributed by atoms with E-state index in [1.807, 2.05) is 36.6 Å². The third-order valence-electron chi connectivity index (χ3n) is 4.98. The molecular weight excluding hydrogens is 388 g/mol. The minimum atomic E-state index is -0.419. The number of hydrogen-bond donors (Lipinski definition) is 2.